The Hall–Kier alpha value is -0.610. The molecule has 0 aromatic heterocycles. The Bertz CT molecular complexity index is 70.4. The second-order valence-corrected chi connectivity index (χ2v) is 1.63. The number of hydrazone groups is 1. The van der Waals surface area contributed by atoms with Crippen LogP contribution in [0.3, 0.4) is 0 Å². The standard InChI is InChI=1S/C4H12N4/c1-4(7-6-2)8(3)5/h4,7H,2,5H2,1,3H3. The van der Waals surface area contributed by atoms with Crippen molar-refractivity contribution in [1.29, 1.82) is 0 Å². The van der Waals surface area contributed by atoms with E-state index in [1.165, 1.54) is 5.01 Å². The summed E-state index contributed by atoms with van der Waals surface area (Å²) in [5.41, 5.74) is 2.66. The van der Waals surface area contributed by atoms with Gasteiger partial charge in [0.05, 0.1) is 0 Å². The summed E-state index contributed by atoms with van der Waals surface area (Å²) in [4.78, 5) is 0. The first-order chi connectivity index (χ1) is 3.68. The van der Waals surface area contributed by atoms with Gasteiger partial charge in [-0.25, -0.2) is 5.01 Å². The van der Waals surface area contributed by atoms with Gasteiger partial charge in [-0.1, -0.05) is 0 Å². The van der Waals surface area contributed by atoms with Crippen LogP contribution in [0.4, 0.5) is 0 Å². The van der Waals surface area contributed by atoms with Gasteiger partial charge in [-0.2, -0.15) is 5.10 Å². The van der Waals surface area contributed by atoms with E-state index in [0.29, 0.717) is 0 Å². The molecular formula is C4H12N4. The van der Waals surface area contributed by atoms with E-state index in [1.54, 1.807) is 7.05 Å². The molecule has 0 aliphatic rings. The van der Waals surface area contributed by atoms with Gasteiger partial charge in [0.25, 0.3) is 0 Å². The summed E-state index contributed by atoms with van der Waals surface area (Å²) in [6, 6.07) is 0. The molecule has 0 amide bonds. The molecule has 0 fully saturated rings. The Balaban J connectivity index is 3.30. The minimum atomic E-state index is 0.0486. The Kier molecular flexibility index (Phi) is 3.14. The van der Waals surface area contributed by atoms with Crippen LogP contribution in [0.5, 0.6) is 0 Å². The van der Waals surface area contributed by atoms with Crippen molar-refractivity contribution in [1.82, 2.24) is 10.4 Å². The number of nitrogens with two attached hydrogens (primary N) is 1. The SMILES string of the molecule is C=NNC(C)N(C)N. The zero-order valence-corrected chi connectivity index (χ0v) is 5.26. The Morgan fingerprint density at radius 1 is 1.88 bits per heavy atom. The molecule has 0 rings (SSSR count). The normalized spacial score (nSPS) is 13.5. The van der Waals surface area contributed by atoms with Gasteiger partial charge in [0, 0.05) is 13.8 Å². The molecule has 0 saturated heterocycles. The molecule has 3 N–H and O–H groups in total. The molecule has 0 saturated carbocycles. The lowest BCUT2D eigenvalue weighted by atomic mass is 10.6. The van der Waals surface area contributed by atoms with E-state index in [2.05, 4.69) is 17.2 Å². The highest BCUT2D eigenvalue weighted by Crippen LogP contribution is 1.79. The maximum atomic E-state index is 5.31. The van der Waals surface area contributed by atoms with Crippen LogP contribution >= 0.6 is 0 Å². The molecule has 0 spiro atoms. The van der Waals surface area contributed by atoms with Crippen molar-refractivity contribution in [3.05, 3.63) is 0 Å². The molecule has 0 bridgehead atoms. The van der Waals surface area contributed by atoms with Crippen LogP contribution in [0.1, 0.15) is 6.92 Å². The molecule has 0 heterocycles. The highest BCUT2D eigenvalue weighted by Gasteiger charge is 1.98. The summed E-state index contributed by atoms with van der Waals surface area (Å²) < 4.78 is 0. The fourth-order valence-electron chi connectivity index (χ4n) is 0.223. The van der Waals surface area contributed by atoms with Crippen molar-refractivity contribution >= 4 is 6.72 Å². The third kappa shape index (κ3) is 2.54. The largest absolute Gasteiger partial charge is 0.292 e. The van der Waals surface area contributed by atoms with Crippen LogP contribution in [-0.2, 0) is 0 Å². The van der Waals surface area contributed by atoms with Crippen molar-refractivity contribution in [3.63, 3.8) is 0 Å². The smallest absolute Gasteiger partial charge is 0.105 e. The predicted octanol–water partition coefficient (Wildman–Crippen LogP) is -0.657. The van der Waals surface area contributed by atoms with Gasteiger partial charge < -0.3 is 0 Å². The van der Waals surface area contributed by atoms with E-state index < -0.39 is 0 Å². The van der Waals surface area contributed by atoms with Crippen molar-refractivity contribution < 1.29 is 0 Å². The minimum Gasteiger partial charge on any atom is -0.292 e. The van der Waals surface area contributed by atoms with Crippen LogP contribution in [0.15, 0.2) is 5.10 Å². The van der Waals surface area contributed by atoms with E-state index in [0.717, 1.165) is 0 Å². The predicted molar refractivity (Wildman–Crippen MR) is 34.1 cm³/mol. The molecule has 4 nitrogen and oxygen atoms in total. The maximum Gasteiger partial charge on any atom is 0.105 e. The number of rotatable bonds is 3. The molecule has 0 aliphatic carbocycles. The summed E-state index contributed by atoms with van der Waals surface area (Å²) in [7, 11) is 1.75. The molecule has 0 aromatic rings. The lowest BCUT2D eigenvalue weighted by Crippen LogP contribution is -2.42. The zero-order chi connectivity index (χ0) is 6.57. The molecule has 0 aliphatic heterocycles. The molecule has 0 aromatic carbocycles. The van der Waals surface area contributed by atoms with Crippen molar-refractivity contribution in [2.45, 2.75) is 13.1 Å². The van der Waals surface area contributed by atoms with E-state index in [1.807, 2.05) is 6.92 Å². The van der Waals surface area contributed by atoms with Crippen molar-refractivity contribution in [2.24, 2.45) is 10.9 Å². The van der Waals surface area contributed by atoms with Crippen LogP contribution in [0.2, 0.25) is 0 Å². The Labute approximate surface area is 49.3 Å². The first-order valence-electron chi connectivity index (χ1n) is 2.37. The number of nitrogens with one attached hydrogen (secondary N) is 1. The Morgan fingerprint density at radius 3 is 2.50 bits per heavy atom. The number of hydrazine groups is 1. The molecule has 1 atom stereocenters. The summed E-state index contributed by atoms with van der Waals surface area (Å²) >= 11 is 0. The molecular weight excluding hydrogens is 104 g/mol. The maximum absolute atomic E-state index is 5.31. The molecule has 0 radical (unpaired) electrons. The van der Waals surface area contributed by atoms with Crippen LogP contribution in [0, 0.1) is 0 Å². The second-order valence-electron chi connectivity index (χ2n) is 1.63. The minimum absolute atomic E-state index is 0.0486. The van der Waals surface area contributed by atoms with Gasteiger partial charge in [-0.05, 0) is 6.92 Å². The van der Waals surface area contributed by atoms with Gasteiger partial charge in [0.2, 0.25) is 0 Å². The lowest BCUT2D eigenvalue weighted by molar-refractivity contribution is 0.229. The quantitative estimate of drug-likeness (QED) is 0.223. The van der Waals surface area contributed by atoms with Gasteiger partial charge in [-0.15, -0.1) is 0 Å². The van der Waals surface area contributed by atoms with Crippen LogP contribution in [-0.4, -0.2) is 24.9 Å². The Morgan fingerprint density at radius 2 is 2.38 bits per heavy atom. The summed E-state index contributed by atoms with van der Waals surface area (Å²) in [5, 5.41) is 4.94. The molecule has 48 valence electrons. The first kappa shape index (κ1) is 7.39. The molecule has 4 heteroatoms. The third-order valence-corrected chi connectivity index (χ3v) is 0.889. The van der Waals surface area contributed by atoms with Gasteiger partial charge in [0.15, 0.2) is 0 Å². The third-order valence-electron chi connectivity index (χ3n) is 0.889. The summed E-state index contributed by atoms with van der Waals surface area (Å²) in [6.45, 7) is 5.12. The number of hydrogen-bond acceptors (Lipinski definition) is 4. The zero-order valence-electron chi connectivity index (χ0n) is 5.26. The average molecular weight is 116 g/mol. The highest BCUT2D eigenvalue weighted by molar-refractivity contribution is 5.22. The summed E-state index contributed by atoms with van der Waals surface area (Å²) in [6.07, 6.45) is 0.0486. The fourth-order valence-corrected chi connectivity index (χ4v) is 0.223. The number of nitrogens with zero attached hydrogens (tertiary/aromatic N) is 2. The fraction of sp³-hybridized carbons (Fsp3) is 0.750. The van der Waals surface area contributed by atoms with Crippen LogP contribution < -0.4 is 11.3 Å². The number of hydrogen-bond donors (Lipinski definition) is 2. The lowest BCUT2D eigenvalue weighted by Gasteiger charge is -2.17. The van der Waals surface area contributed by atoms with Gasteiger partial charge >= 0.3 is 0 Å². The van der Waals surface area contributed by atoms with E-state index >= 15 is 0 Å². The molecule has 8 heavy (non-hydrogen) atoms. The van der Waals surface area contributed by atoms with Crippen molar-refractivity contribution in [3.8, 4) is 0 Å². The van der Waals surface area contributed by atoms with E-state index in [9.17, 15) is 0 Å². The average Bonchev–Trinajstić information content (AvgIpc) is 1.67. The second kappa shape index (κ2) is 3.40. The van der Waals surface area contributed by atoms with E-state index in [4.69, 9.17) is 5.84 Å². The molecule has 1 unspecified atom stereocenters. The van der Waals surface area contributed by atoms with E-state index in [-0.39, 0.29) is 6.17 Å². The van der Waals surface area contributed by atoms with Gasteiger partial charge in [0.1, 0.15) is 6.17 Å². The van der Waals surface area contributed by atoms with Crippen LogP contribution in [0.25, 0.3) is 0 Å². The summed E-state index contributed by atoms with van der Waals surface area (Å²) in [5.74, 6) is 5.31. The first-order valence-corrected chi connectivity index (χ1v) is 2.37. The monoisotopic (exact) mass is 116 g/mol. The highest BCUT2D eigenvalue weighted by atomic mass is 15.5. The topological polar surface area (TPSA) is 53.7 Å². The van der Waals surface area contributed by atoms with Gasteiger partial charge in [-0.3, -0.25) is 11.3 Å². The van der Waals surface area contributed by atoms with Crippen molar-refractivity contribution in [2.75, 3.05) is 7.05 Å².